The summed E-state index contributed by atoms with van der Waals surface area (Å²) in [5, 5.41) is 10.3. The second-order valence-corrected chi connectivity index (χ2v) is 7.11. The average Bonchev–Trinajstić information content (AvgIpc) is 3.06. The van der Waals surface area contributed by atoms with E-state index < -0.39 is 0 Å². The first-order valence-corrected chi connectivity index (χ1v) is 9.62. The molecule has 0 aliphatic rings. The normalized spacial score (nSPS) is 11.2. The van der Waals surface area contributed by atoms with Gasteiger partial charge in [-0.2, -0.15) is 0 Å². The summed E-state index contributed by atoms with van der Waals surface area (Å²) >= 11 is 1.54. The number of hydrogen-bond donors (Lipinski definition) is 0. The van der Waals surface area contributed by atoms with Gasteiger partial charge in [0.2, 0.25) is 0 Å². The van der Waals surface area contributed by atoms with Crippen molar-refractivity contribution in [3.63, 3.8) is 0 Å². The van der Waals surface area contributed by atoms with Crippen molar-refractivity contribution in [2.45, 2.75) is 24.3 Å². The third-order valence-corrected chi connectivity index (χ3v) is 5.50. The van der Waals surface area contributed by atoms with Gasteiger partial charge < -0.3 is 8.98 Å². The number of aryl methyl sites for hydroxylation is 1. The van der Waals surface area contributed by atoms with E-state index >= 15 is 0 Å². The number of fused-ring (bicyclic) bond motifs is 1. The van der Waals surface area contributed by atoms with Crippen LogP contribution in [0.5, 0.6) is 0 Å². The minimum absolute atomic E-state index is 0.332. The average molecular weight is 378 g/mol. The number of rotatable bonds is 5. The van der Waals surface area contributed by atoms with E-state index in [0.29, 0.717) is 11.3 Å². The standard InChI is InChI=1S/C20H18N4O2S/c1-3-13-4-5-16-15(11-18(25)26-17(16)10-13)12-27-20-23-22-19(24(20)2)14-6-8-21-9-7-14/h4-11H,3,12H2,1-2H3. The first-order valence-electron chi connectivity index (χ1n) is 8.64. The molecule has 27 heavy (non-hydrogen) atoms. The van der Waals surface area contributed by atoms with Crippen molar-refractivity contribution in [3.05, 3.63) is 70.3 Å². The molecule has 4 aromatic rings. The molecular weight excluding hydrogens is 360 g/mol. The van der Waals surface area contributed by atoms with Crippen molar-refractivity contribution in [3.8, 4) is 11.4 Å². The first kappa shape index (κ1) is 17.5. The SMILES string of the molecule is CCc1ccc2c(CSc3nnc(-c4ccncc4)n3C)cc(=O)oc2c1. The molecule has 0 spiro atoms. The van der Waals surface area contributed by atoms with Gasteiger partial charge in [-0.3, -0.25) is 4.98 Å². The first-order chi connectivity index (χ1) is 13.2. The second kappa shape index (κ2) is 7.36. The van der Waals surface area contributed by atoms with Crippen molar-refractivity contribution in [2.24, 2.45) is 7.05 Å². The Kier molecular flexibility index (Phi) is 4.77. The Morgan fingerprint density at radius 1 is 1.11 bits per heavy atom. The number of nitrogens with zero attached hydrogens (tertiary/aromatic N) is 4. The molecule has 0 fully saturated rings. The summed E-state index contributed by atoms with van der Waals surface area (Å²) < 4.78 is 7.33. The van der Waals surface area contributed by atoms with Crippen molar-refractivity contribution in [1.29, 1.82) is 0 Å². The van der Waals surface area contributed by atoms with Gasteiger partial charge in [-0.25, -0.2) is 4.79 Å². The van der Waals surface area contributed by atoms with Gasteiger partial charge in [0.15, 0.2) is 11.0 Å². The van der Waals surface area contributed by atoms with E-state index in [4.69, 9.17) is 4.42 Å². The second-order valence-electron chi connectivity index (χ2n) is 6.16. The van der Waals surface area contributed by atoms with Gasteiger partial charge in [-0.1, -0.05) is 30.8 Å². The molecule has 0 unspecified atom stereocenters. The molecule has 0 saturated carbocycles. The lowest BCUT2D eigenvalue weighted by Gasteiger charge is -2.07. The van der Waals surface area contributed by atoms with E-state index in [0.717, 1.165) is 39.5 Å². The van der Waals surface area contributed by atoms with Crippen LogP contribution >= 0.6 is 11.8 Å². The molecule has 0 aliphatic heterocycles. The van der Waals surface area contributed by atoms with E-state index in [-0.39, 0.29) is 5.63 Å². The van der Waals surface area contributed by atoms with Gasteiger partial charge in [0, 0.05) is 42.2 Å². The van der Waals surface area contributed by atoms with Crippen LogP contribution in [-0.2, 0) is 19.2 Å². The Labute approximate surface area is 160 Å². The van der Waals surface area contributed by atoms with Crippen LogP contribution in [0.4, 0.5) is 0 Å². The third-order valence-electron chi connectivity index (χ3n) is 4.43. The molecule has 0 amide bonds. The van der Waals surface area contributed by atoms with Gasteiger partial charge in [0.1, 0.15) is 5.58 Å². The molecule has 3 heterocycles. The Morgan fingerprint density at radius 2 is 1.93 bits per heavy atom. The highest BCUT2D eigenvalue weighted by molar-refractivity contribution is 7.98. The van der Waals surface area contributed by atoms with Gasteiger partial charge in [0.25, 0.3) is 0 Å². The summed E-state index contributed by atoms with van der Waals surface area (Å²) in [7, 11) is 1.93. The fourth-order valence-corrected chi connectivity index (χ4v) is 3.85. The van der Waals surface area contributed by atoms with Crippen LogP contribution in [-0.4, -0.2) is 19.7 Å². The number of hydrogen-bond acceptors (Lipinski definition) is 6. The van der Waals surface area contributed by atoms with Gasteiger partial charge >= 0.3 is 5.63 Å². The highest BCUT2D eigenvalue weighted by Crippen LogP contribution is 2.28. The number of benzene rings is 1. The fraction of sp³-hybridized carbons (Fsp3) is 0.200. The molecule has 136 valence electrons. The summed E-state index contributed by atoms with van der Waals surface area (Å²) in [5.41, 5.74) is 3.34. The molecule has 0 aliphatic carbocycles. The maximum atomic E-state index is 12.0. The van der Waals surface area contributed by atoms with Crippen LogP contribution < -0.4 is 5.63 Å². The summed E-state index contributed by atoms with van der Waals surface area (Å²) in [6.07, 6.45) is 4.36. The van der Waals surface area contributed by atoms with E-state index in [2.05, 4.69) is 28.2 Å². The summed E-state index contributed by atoms with van der Waals surface area (Å²) in [6.45, 7) is 2.08. The summed E-state index contributed by atoms with van der Waals surface area (Å²) in [6, 6.07) is 11.4. The molecule has 0 radical (unpaired) electrons. The van der Waals surface area contributed by atoms with E-state index in [1.54, 1.807) is 30.2 Å². The molecule has 0 N–H and O–H groups in total. The molecule has 0 atom stereocenters. The van der Waals surface area contributed by atoms with Crippen molar-refractivity contribution >= 4 is 22.7 Å². The largest absolute Gasteiger partial charge is 0.423 e. The maximum absolute atomic E-state index is 12.0. The predicted octanol–water partition coefficient (Wildman–Crippen LogP) is 3.84. The zero-order chi connectivity index (χ0) is 18.8. The highest BCUT2D eigenvalue weighted by Gasteiger charge is 2.13. The molecule has 3 aromatic heterocycles. The lowest BCUT2D eigenvalue weighted by Crippen LogP contribution is -2.01. The highest BCUT2D eigenvalue weighted by atomic mass is 32.2. The van der Waals surface area contributed by atoms with E-state index in [1.165, 1.54) is 0 Å². The number of pyridine rings is 1. The van der Waals surface area contributed by atoms with Crippen molar-refractivity contribution < 1.29 is 4.42 Å². The molecule has 6 nitrogen and oxygen atoms in total. The Balaban J connectivity index is 1.63. The minimum Gasteiger partial charge on any atom is -0.423 e. The topological polar surface area (TPSA) is 73.8 Å². The zero-order valence-electron chi connectivity index (χ0n) is 15.0. The van der Waals surface area contributed by atoms with Crippen LogP contribution in [0, 0.1) is 0 Å². The Hall–Kier alpha value is -2.93. The van der Waals surface area contributed by atoms with Crippen molar-refractivity contribution in [1.82, 2.24) is 19.7 Å². The van der Waals surface area contributed by atoms with Crippen LogP contribution in [0.1, 0.15) is 18.1 Å². The van der Waals surface area contributed by atoms with Crippen LogP contribution in [0.25, 0.3) is 22.4 Å². The summed E-state index contributed by atoms with van der Waals surface area (Å²) in [4.78, 5) is 16.0. The molecule has 0 bridgehead atoms. The maximum Gasteiger partial charge on any atom is 0.336 e. The predicted molar refractivity (Wildman–Crippen MR) is 106 cm³/mol. The Morgan fingerprint density at radius 3 is 2.70 bits per heavy atom. The molecule has 7 heteroatoms. The third kappa shape index (κ3) is 3.50. The van der Waals surface area contributed by atoms with Crippen LogP contribution in [0.15, 0.2) is 63.2 Å². The van der Waals surface area contributed by atoms with Crippen LogP contribution in [0.2, 0.25) is 0 Å². The summed E-state index contributed by atoms with van der Waals surface area (Å²) in [5.74, 6) is 1.39. The molecular formula is C20H18N4O2S. The molecule has 4 rings (SSSR count). The lowest BCUT2D eigenvalue weighted by molar-refractivity contribution is 0.559. The lowest BCUT2D eigenvalue weighted by atomic mass is 10.1. The monoisotopic (exact) mass is 378 g/mol. The molecule has 1 aromatic carbocycles. The minimum atomic E-state index is -0.332. The quantitative estimate of drug-likeness (QED) is 0.388. The van der Waals surface area contributed by atoms with E-state index in [1.807, 2.05) is 35.9 Å². The fourth-order valence-electron chi connectivity index (χ4n) is 2.95. The van der Waals surface area contributed by atoms with Gasteiger partial charge in [-0.05, 0) is 35.7 Å². The zero-order valence-corrected chi connectivity index (χ0v) is 15.9. The number of aromatic nitrogens is 4. The Bertz CT molecular complexity index is 1150. The number of thioether (sulfide) groups is 1. The smallest absolute Gasteiger partial charge is 0.336 e. The van der Waals surface area contributed by atoms with E-state index in [9.17, 15) is 4.79 Å². The van der Waals surface area contributed by atoms with Gasteiger partial charge in [-0.15, -0.1) is 10.2 Å². The van der Waals surface area contributed by atoms with Crippen molar-refractivity contribution in [2.75, 3.05) is 0 Å². The van der Waals surface area contributed by atoms with Crippen LogP contribution in [0.3, 0.4) is 0 Å². The molecule has 0 saturated heterocycles. The van der Waals surface area contributed by atoms with Gasteiger partial charge in [0.05, 0.1) is 0 Å².